The predicted molar refractivity (Wildman–Crippen MR) is 99.2 cm³/mol. The summed E-state index contributed by atoms with van der Waals surface area (Å²) in [5.41, 5.74) is 1.51. The molecule has 0 radical (unpaired) electrons. The molecule has 2 aromatic carbocycles. The third-order valence-corrected chi connectivity index (χ3v) is 5.27. The molecule has 27 heavy (non-hydrogen) atoms. The summed E-state index contributed by atoms with van der Waals surface area (Å²) in [6.45, 7) is 4.43. The minimum absolute atomic E-state index is 0.0125. The van der Waals surface area contributed by atoms with Gasteiger partial charge in [0, 0.05) is 11.5 Å². The lowest BCUT2D eigenvalue weighted by atomic mass is 9.87. The monoisotopic (exact) mass is 368 g/mol. The quantitative estimate of drug-likeness (QED) is 0.773. The first kappa shape index (κ1) is 18.2. The molecule has 0 aliphatic carbocycles. The van der Waals surface area contributed by atoms with Gasteiger partial charge < -0.3 is 18.9 Å². The molecule has 6 atom stereocenters. The molecule has 3 unspecified atom stereocenters. The standard InChI is InChI=1S/C22H24O5/c1-14-19(26-21(23)16-9-5-3-6-10-16)15(2)25-18-13-24-22(27-20(14)18)17-11-7-4-8-12-17/h3-12,14-15,18-20,22H,13H2,1-2H3/t14-,15+,18?,19?,20+,22?/m1/s1. The third-order valence-electron chi connectivity index (χ3n) is 5.27. The molecule has 2 aliphatic heterocycles. The molecule has 0 spiro atoms. The highest BCUT2D eigenvalue weighted by Gasteiger charge is 2.48. The topological polar surface area (TPSA) is 54.0 Å². The molecule has 0 aromatic heterocycles. The van der Waals surface area contributed by atoms with Crippen LogP contribution in [0.1, 0.15) is 36.1 Å². The van der Waals surface area contributed by atoms with E-state index in [1.165, 1.54) is 0 Å². The molecular weight excluding hydrogens is 344 g/mol. The van der Waals surface area contributed by atoms with Crippen LogP contribution in [-0.2, 0) is 18.9 Å². The highest BCUT2D eigenvalue weighted by molar-refractivity contribution is 5.89. The van der Waals surface area contributed by atoms with E-state index >= 15 is 0 Å². The van der Waals surface area contributed by atoms with Crippen LogP contribution in [0.3, 0.4) is 0 Å². The van der Waals surface area contributed by atoms with Crippen LogP contribution in [0.4, 0.5) is 0 Å². The second kappa shape index (κ2) is 7.80. The van der Waals surface area contributed by atoms with Gasteiger partial charge in [0.15, 0.2) is 6.29 Å². The molecule has 2 aliphatic rings. The minimum Gasteiger partial charge on any atom is -0.456 e. The molecule has 5 heteroatoms. The molecule has 0 N–H and O–H groups in total. The van der Waals surface area contributed by atoms with Gasteiger partial charge >= 0.3 is 5.97 Å². The van der Waals surface area contributed by atoms with E-state index in [2.05, 4.69) is 0 Å². The molecule has 5 nitrogen and oxygen atoms in total. The zero-order valence-corrected chi connectivity index (χ0v) is 15.5. The lowest BCUT2D eigenvalue weighted by Crippen LogP contribution is -2.58. The van der Waals surface area contributed by atoms with Gasteiger partial charge in [-0.1, -0.05) is 55.5 Å². The van der Waals surface area contributed by atoms with E-state index in [1.54, 1.807) is 12.1 Å². The maximum absolute atomic E-state index is 12.5. The van der Waals surface area contributed by atoms with E-state index in [1.807, 2.05) is 62.4 Å². The number of carbonyl (C=O) groups excluding carboxylic acids is 1. The highest BCUT2D eigenvalue weighted by atomic mass is 16.7. The fraction of sp³-hybridized carbons (Fsp3) is 0.409. The van der Waals surface area contributed by atoms with E-state index in [0.29, 0.717) is 12.2 Å². The largest absolute Gasteiger partial charge is 0.456 e. The number of fused-ring (bicyclic) bond motifs is 1. The molecule has 0 saturated carbocycles. The molecule has 4 rings (SSSR count). The average molecular weight is 368 g/mol. The number of carbonyl (C=O) groups is 1. The summed E-state index contributed by atoms with van der Waals surface area (Å²) in [6, 6.07) is 18.9. The first-order valence-electron chi connectivity index (χ1n) is 9.37. The number of hydrogen-bond acceptors (Lipinski definition) is 5. The van der Waals surface area contributed by atoms with Crippen molar-refractivity contribution in [3.05, 3.63) is 71.8 Å². The Morgan fingerprint density at radius 2 is 1.63 bits per heavy atom. The average Bonchev–Trinajstić information content (AvgIpc) is 2.72. The van der Waals surface area contributed by atoms with Crippen molar-refractivity contribution in [3.8, 4) is 0 Å². The van der Waals surface area contributed by atoms with Crippen LogP contribution in [0.25, 0.3) is 0 Å². The fourth-order valence-corrected chi connectivity index (χ4v) is 3.85. The fourth-order valence-electron chi connectivity index (χ4n) is 3.85. The maximum atomic E-state index is 12.5. The summed E-state index contributed by atoms with van der Waals surface area (Å²) in [6.07, 6.45) is -1.41. The van der Waals surface area contributed by atoms with Gasteiger partial charge in [-0.25, -0.2) is 4.79 Å². The predicted octanol–water partition coefficient (Wildman–Crippen LogP) is 3.75. The van der Waals surface area contributed by atoms with Gasteiger partial charge in [-0.2, -0.15) is 0 Å². The molecule has 0 amide bonds. The Bertz CT molecular complexity index is 763. The van der Waals surface area contributed by atoms with Gasteiger partial charge in [-0.05, 0) is 19.1 Å². The van der Waals surface area contributed by atoms with Crippen LogP contribution in [-0.4, -0.2) is 37.0 Å². The van der Waals surface area contributed by atoms with Crippen molar-refractivity contribution in [1.82, 2.24) is 0 Å². The number of ether oxygens (including phenoxy) is 4. The van der Waals surface area contributed by atoms with Gasteiger partial charge in [0.05, 0.1) is 24.4 Å². The lowest BCUT2D eigenvalue weighted by Gasteiger charge is -2.47. The van der Waals surface area contributed by atoms with E-state index < -0.39 is 6.29 Å². The van der Waals surface area contributed by atoms with Crippen LogP contribution < -0.4 is 0 Å². The molecule has 142 valence electrons. The highest BCUT2D eigenvalue weighted by Crippen LogP contribution is 2.37. The van der Waals surface area contributed by atoms with E-state index in [9.17, 15) is 4.79 Å². The SMILES string of the molecule is C[C@@H]1OC2COC(c3ccccc3)O[C@H]2[C@H](C)C1OC(=O)c1ccccc1. The van der Waals surface area contributed by atoms with Gasteiger partial charge in [-0.15, -0.1) is 0 Å². The molecule has 2 aromatic rings. The van der Waals surface area contributed by atoms with Crippen molar-refractivity contribution < 1.29 is 23.7 Å². The van der Waals surface area contributed by atoms with Crippen LogP contribution in [0.15, 0.2) is 60.7 Å². The zero-order chi connectivity index (χ0) is 18.8. The Hall–Kier alpha value is -2.21. The maximum Gasteiger partial charge on any atom is 0.338 e. The Morgan fingerprint density at radius 1 is 0.963 bits per heavy atom. The summed E-state index contributed by atoms with van der Waals surface area (Å²) in [4.78, 5) is 12.5. The van der Waals surface area contributed by atoms with Crippen molar-refractivity contribution in [1.29, 1.82) is 0 Å². The van der Waals surface area contributed by atoms with Gasteiger partial charge in [-0.3, -0.25) is 0 Å². The van der Waals surface area contributed by atoms with Crippen molar-refractivity contribution in [2.24, 2.45) is 5.92 Å². The normalized spacial score (nSPS) is 33.1. The van der Waals surface area contributed by atoms with Crippen LogP contribution >= 0.6 is 0 Å². The smallest absolute Gasteiger partial charge is 0.338 e. The third kappa shape index (κ3) is 3.76. The van der Waals surface area contributed by atoms with Crippen molar-refractivity contribution in [2.45, 2.75) is 44.6 Å². The Kier molecular flexibility index (Phi) is 5.25. The van der Waals surface area contributed by atoms with E-state index in [4.69, 9.17) is 18.9 Å². The van der Waals surface area contributed by atoms with E-state index in [-0.39, 0.29) is 36.3 Å². The van der Waals surface area contributed by atoms with Gasteiger partial charge in [0.25, 0.3) is 0 Å². The minimum atomic E-state index is -0.433. The Balaban J connectivity index is 1.48. The first-order valence-corrected chi connectivity index (χ1v) is 9.37. The van der Waals surface area contributed by atoms with Crippen molar-refractivity contribution in [2.75, 3.05) is 6.61 Å². The molecular formula is C22H24O5. The first-order chi connectivity index (χ1) is 13.1. The van der Waals surface area contributed by atoms with E-state index in [0.717, 1.165) is 5.56 Å². The molecule has 2 fully saturated rings. The van der Waals surface area contributed by atoms with Crippen molar-refractivity contribution in [3.63, 3.8) is 0 Å². The molecule has 0 bridgehead atoms. The number of esters is 1. The van der Waals surface area contributed by atoms with Crippen LogP contribution in [0.5, 0.6) is 0 Å². The number of rotatable bonds is 3. The lowest BCUT2D eigenvalue weighted by molar-refractivity contribution is -0.314. The Labute approximate surface area is 159 Å². The summed E-state index contributed by atoms with van der Waals surface area (Å²) in [5.74, 6) is -0.352. The summed E-state index contributed by atoms with van der Waals surface area (Å²) < 4.78 is 24.0. The number of hydrogen-bond donors (Lipinski definition) is 0. The summed E-state index contributed by atoms with van der Waals surface area (Å²) >= 11 is 0. The second-order valence-corrected chi connectivity index (χ2v) is 7.15. The number of benzene rings is 2. The zero-order valence-electron chi connectivity index (χ0n) is 15.5. The summed E-state index contributed by atoms with van der Waals surface area (Å²) in [5, 5.41) is 0. The summed E-state index contributed by atoms with van der Waals surface area (Å²) in [7, 11) is 0. The Morgan fingerprint density at radius 3 is 2.33 bits per heavy atom. The van der Waals surface area contributed by atoms with Gasteiger partial charge in [0.1, 0.15) is 12.2 Å². The van der Waals surface area contributed by atoms with Crippen LogP contribution in [0.2, 0.25) is 0 Å². The van der Waals surface area contributed by atoms with Crippen LogP contribution in [0, 0.1) is 5.92 Å². The molecule has 2 saturated heterocycles. The second-order valence-electron chi connectivity index (χ2n) is 7.15. The van der Waals surface area contributed by atoms with Gasteiger partial charge in [0.2, 0.25) is 0 Å². The molecule has 2 heterocycles. The van der Waals surface area contributed by atoms with Crippen molar-refractivity contribution >= 4 is 5.97 Å².